The minimum absolute atomic E-state index is 0. The number of amides is 1. The lowest BCUT2D eigenvalue weighted by Crippen LogP contribution is -2.34. The van der Waals surface area contributed by atoms with Crippen LogP contribution in [0.1, 0.15) is 70.8 Å². The standard InChI is InChI=1S/C30H37NO8.H2O.2H2/c1-30(2,3)22-12-19(17-4-5-25-26(11-17)39-15-38-25)20-9-16(10-24(35)28(20)29(22)37)8-18(6-7-32)21(14-33)23(34)13-27(31)36;;;/h4-5,11-12,16,18,21,32-33,37H,6-10,13-15H2,1-3H3,(H2,31,36);1H2;2*1H. The molecule has 1 amide bonds. The molecule has 0 saturated heterocycles. The van der Waals surface area contributed by atoms with E-state index < -0.39 is 42.0 Å². The van der Waals surface area contributed by atoms with Crippen LogP contribution in [-0.4, -0.2) is 58.3 Å². The topological polar surface area (TPSA) is 188 Å². The SMILES string of the molecule is CC(C)(C)c1cc(-c2ccc3c(c2)OCO3)c2c(c1O)C(=O)CC(CC(CCO)C(CO)C(=O)CC(N)=O)C2.O.[HH].[HH]. The molecule has 3 atom stereocenters. The predicted octanol–water partition coefficient (Wildman–Crippen LogP) is 2.94. The van der Waals surface area contributed by atoms with Gasteiger partial charge >= 0.3 is 0 Å². The van der Waals surface area contributed by atoms with Gasteiger partial charge in [-0.1, -0.05) is 26.8 Å². The van der Waals surface area contributed by atoms with E-state index in [9.17, 15) is 29.7 Å². The minimum atomic E-state index is -0.869. The highest BCUT2D eigenvalue weighted by Gasteiger charge is 2.37. The van der Waals surface area contributed by atoms with Gasteiger partial charge in [0.25, 0.3) is 0 Å². The maximum Gasteiger partial charge on any atom is 0.231 e. The van der Waals surface area contributed by atoms with Crippen LogP contribution in [0.5, 0.6) is 17.2 Å². The quantitative estimate of drug-likeness (QED) is 0.319. The minimum Gasteiger partial charge on any atom is -0.507 e. The Morgan fingerprint density at radius 1 is 1.12 bits per heavy atom. The molecule has 1 aliphatic heterocycles. The van der Waals surface area contributed by atoms with Crippen molar-refractivity contribution >= 4 is 17.5 Å². The van der Waals surface area contributed by atoms with Crippen molar-refractivity contribution in [1.29, 1.82) is 0 Å². The number of aromatic hydroxyl groups is 1. The van der Waals surface area contributed by atoms with Gasteiger partial charge in [0.1, 0.15) is 11.5 Å². The molecule has 0 bridgehead atoms. The van der Waals surface area contributed by atoms with E-state index in [2.05, 4.69) is 0 Å². The number of fused-ring (bicyclic) bond motifs is 2. The maximum atomic E-state index is 13.6. The summed E-state index contributed by atoms with van der Waals surface area (Å²) in [6, 6.07) is 7.52. The van der Waals surface area contributed by atoms with Gasteiger partial charge in [0.15, 0.2) is 17.3 Å². The fraction of sp³-hybridized carbons (Fsp3) is 0.500. The Kier molecular flexibility index (Phi) is 9.60. The number of carbonyl (C=O) groups is 3. The fourth-order valence-electron chi connectivity index (χ4n) is 5.90. The number of aliphatic hydroxyl groups is 2. The van der Waals surface area contributed by atoms with E-state index >= 15 is 0 Å². The van der Waals surface area contributed by atoms with Crippen molar-refractivity contribution in [3.8, 4) is 28.4 Å². The summed E-state index contributed by atoms with van der Waals surface area (Å²) in [6.07, 6.45) is 0.726. The Morgan fingerprint density at radius 2 is 1.82 bits per heavy atom. The van der Waals surface area contributed by atoms with Gasteiger partial charge in [0.2, 0.25) is 12.7 Å². The van der Waals surface area contributed by atoms with Crippen LogP contribution in [-0.2, 0) is 21.4 Å². The first-order valence-corrected chi connectivity index (χ1v) is 13.3. The van der Waals surface area contributed by atoms with Gasteiger partial charge in [-0.25, -0.2) is 0 Å². The molecule has 2 aliphatic rings. The molecule has 40 heavy (non-hydrogen) atoms. The highest BCUT2D eigenvalue weighted by atomic mass is 16.7. The number of ketones is 2. The Morgan fingerprint density at radius 3 is 2.45 bits per heavy atom. The number of benzene rings is 2. The molecule has 0 saturated carbocycles. The second kappa shape index (κ2) is 12.4. The van der Waals surface area contributed by atoms with Crippen molar-refractivity contribution in [2.24, 2.45) is 23.5 Å². The van der Waals surface area contributed by atoms with Crippen LogP contribution in [0.4, 0.5) is 0 Å². The summed E-state index contributed by atoms with van der Waals surface area (Å²) in [5.41, 5.74) is 8.10. The van der Waals surface area contributed by atoms with Crippen LogP contribution in [0.25, 0.3) is 11.1 Å². The maximum absolute atomic E-state index is 13.6. The van der Waals surface area contributed by atoms with Crippen molar-refractivity contribution in [2.45, 2.75) is 58.3 Å². The number of carbonyl (C=O) groups excluding carboxylic acids is 3. The van der Waals surface area contributed by atoms with Crippen molar-refractivity contribution in [3.05, 3.63) is 41.0 Å². The molecule has 7 N–H and O–H groups in total. The first-order valence-electron chi connectivity index (χ1n) is 13.3. The zero-order valence-corrected chi connectivity index (χ0v) is 23.2. The number of nitrogens with two attached hydrogens (primary N) is 1. The third-order valence-corrected chi connectivity index (χ3v) is 7.81. The zero-order chi connectivity index (χ0) is 28.5. The summed E-state index contributed by atoms with van der Waals surface area (Å²) < 4.78 is 11.0. The summed E-state index contributed by atoms with van der Waals surface area (Å²) in [4.78, 5) is 37.6. The third-order valence-electron chi connectivity index (χ3n) is 7.81. The predicted molar refractivity (Wildman–Crippen MR) is 152 cm³/mol. The first kappa shape index (κ1) is 31.1. The number of rotatable bonds is 10. The fourth-order valence-corrected chi connectivity index (χ4v) is 5.90. The van der Waals surface area contributed by atoms with Crippen LogP contribution < -0.4 is 15.2 Å². The van der Waals surface area contributed by atoms with Crippen LogP contribution in [0.3, 0.4) is 0 Å². The molecule has 3 unspecified atom stereocenters. The number of phenols is 1. The second-order valence-corrected chi connectivity index (χ2v) is 11.6. The zero-order valence-electron chi connectivity index (χ0n) is 23.2. The molecule has 222 valence electrons. The first-order chi connectivity index (χ1) is 18.4. The lowest BCUT2D eigenvalue weighted by Gasteiger charge is -2.33. The molecule has 0 fully saturated rings. The van der Waals surface area contributed by atoms with E-state index in [1.54, 1.807) is 0 Å². The molecule has 0 spiro atoms. The summed E-state index contributed by atoms with van der Waals surface area (Å²) in [5.74, 6) is -1.73. The number of primary amides is 1. The lowest BCUT2D eigenvalue weighted by molar-refractivity contribution is -0.131. The van der Waals surface area contributed by atoms with Crippen LogP contribution in [0, 0.1) is 17.8 Å². The van der Waals surface area contributed by atoms with E-state index in [0.29, 0.717) is 41.0 Å². The number of Topliss-reactive ketones (excluding diaryl/α,β-unsaturated/α-hetero) is 2. The number of ether oxygens (including phenoxy) is 2. The molecule has 2 aromatic carbocycles. The molecule has 1 heterocycles. The van der Waals surface area contributed by atoms with E-state index in [-0.39, 0.29) is 52.0 Å². The van der Waals surface area contributed by atoms with Gasteiger partial charge < -0.3 is 36.0 Å². The number of hydrogen-bond donors (Lipinski definition) is 4. The highest BCUT2D eigenvalue weighted by molar-refractivity contribution is 6.04. The van der Waals surface area contributed by atoms with Crippen molar-refractivity contribution in [3.63, 3.8) is 0 Å². The second-order valence-electron chi connectivity index (χ2n) is 11.6. The third kappa shape index (κ3) is 6.29. The highest BCUT2D eigenvalue weighted by Crippen LogP contribution is 2.47. The summed E-state index contributed by atoms with van der Waals surface area (Å²) in [6.45, 7) is 5.38. The van der Waals surface area contributed by atoms with Crippen molar-refractivity contribution in [2.75, 3.05) is 20.0 Å². The largest absolute Gasteiger partial charge is 0.507 e. The van der Waals surface area contributed by atoms with Crippen LogP contribution in [0.2, 0.25) is 0 Å². The number of phenolic OH excluding ortho intramolecular Hbond substituents is 1. The summed E-state index contributed by atoms with van der Waals surface area (Å²) >= 11 is 0. The van der Waals surface area contributed by atoms with E-state index in [1.807, 2.05) is 45.0 Å². The lowest BCUT2D eigenvalue weighted by atomic mass is 9.71. The van der Waals surface area contributed by atoms with Gasteiger partial charge in [-0.05, 0) is 71.4 Å². The molecule has 10 heteroatoms. The Hall–Kier alpha value is -3.47. The monoisotopic (exact) mass is 561 g/mol. The molecule has 0 aromatic heterocycles. The number of hydrogen-bond acceptors (Lipinski definition) is 8. The molecule has 4 rings (SSSR count). The van der Waals surface area contributed by atoms with Crippen LogP contribution in [0.15, 0.2) is 24.3 Å². The van der Waals surface area contributed by atoms with Gasteiger partial charge in [0.05, 0.1) is 18.6 Å². The molecular weight excluding hydrogens is 518 g/mol. The molecule has 2 aromatic rings. The Bertz CT molecular complexity index is 1290. The van der Waals surface area contributed by atoms with Crippen LogP contribution >= 0.6 is 0 Å². The van der Waals surface area contributed by atoms with Gasteiger partial charge in [-0.3, -0.25) is 14.4 Å². The van der Waals surface area contributed by atoms with E-state index in [1.165, 1.54) is 0 Å². The van der Waals surface area contributed by atoms with E-state index in [4.69, 9.17) is 15.2 Å². The summed E-state index contributed by atoms with van der Waals surface area (Å²) in [5, 5.41) is 31.0. The van der Waals surface area contributed by atoms with Gasteiger partial charge in [0, 0.05) is 27.4 Å². The molecule has 1 aliphatic carbocycles. The average molecular weight is 562 g/mol. The smallest absolute Gasteiger partial charge is 0.231 e. The Labute approximate surface area is 236 Å². The normalized spacial score (nSPS) is 17.5. The Balaban J connectivity index is 0.00000294. The summed E-state index contributed by atoms with van der Waals surface area (Å²) in [7, 11) is 0. The van der Waals surface area contributed by atoms with Gasteiger partial charge in [-0.2, -0.15) is 0 Å². The van der Waals surface area contributed by atoms with Crippen molar-refractivity contribution < 1.29 is 47.5 Å². The van der Waals surface area contributed by atoms with E-state index in [0.717, 1.165) is 11.1 Å². The molecular formula is C30H43NO9. The molecule has 10 nitrogen and oxygen atoms in total. The molecule has 0 radical (unpaired) electrons. The van der Waals surface area contributed by atoms with Gasteiger partial charge in [-0.15, -0.1) is 0 Å². The average Bonchev–Trinajstić information content (AvgIpc) is 3.31. The van der Waals surface area contributed by atoms with Crippen molar-refractivity contribution in [1.82, 2.24) is 0 Å². The number of aliphatic hydroxyl groups excluding tert-OH is 2.